The monoisotopic (exact) mass is 617 g/mol. The number of rotatable bonds is 9. The highest BCUT2D eigenvalue weighted by Crippen LogP contribution is 2.72. The van der Waals surface area contributed by atoms with E-state index in [0.717, 1.165) is 49.7 Å². The standard InChI is InChI=1S/C39H59N3O3/c1-36(2)29(26-9-11-27(12-10-26)35(44)45)15-20-38(4)32(36)17-21-37(3)30-16-22-39(41-25-24-40-23-18-34(43)42(5)6)19-7-8-31(39)28(30)13-14-33(37)38/h9-12,15,28,30-33,40-41H,7-8,13-14,16-25H2,1-6H3,(H,44,45). The molecule has 0 bridgehead atoms. The summed E-state index contributed by atoms with van der Waals surface area (Å²) < 4.78 is 0. The van der Waals surface area contributed by atoms with Crippen molar-refractivity contribution in [2.24, 2.45) is 45.8 Å². The van der Waals surface area contributed by atoms with Crippen molar-refractivity contribution < 1.29 is 14.7 Å². The van der Waals surface area contributed by atoms with Crippen LogP contribution in [0.5, 0.6) is 0 Å². The first-order valence-electron chi connectivity index (χ1n) is 18.0. The van der Waals surface area contributed by atoms with Gasteiger partial charge in [0.1, 0.15) is 0 Å². The van der Waals surface area contributed by atoms with Crippen molar-refractivity contribution in [2.75, 3.05) is 33.7 Å². The summed E-state index contributed by atoms with van der Waals surface area (Å²) in [5, 5.41) is 17.0. The Balaban J connectivity index is 1.15. The van der Waals surface area contributed by atoms with Crippen molar-refractivity contribution in [2.45, 2.75) is 104 Å². The number of hydrogen-bond acceptors (Lipinski definition) is 4. The fourth-order valence-corrected chi connectivity index (χ4v) is 12.4. The van der Waals surface area contributed by atoms with Crippen LogP contribution in [-0.2, 0) is 4.79 Å². The van der Waals surface area contributed by atoms with Gasteiger partial charge < -0.3 is 20.6 Å². The second kappa shape index (κ2) is 12.1. The van der Waals surface area contributed by atoms with Crippen molar-refractivity contribution in [1.29, 1.82) is 0 Å². The van der Waals surface area contributed by atoms with Crippen LogP contribution in [0.2, 0.25) is 0 Å². The molecule has 0 heterocycles. The van der Waals surface area contributed by atoms with Gasteiger partial charge in [-0.2, -0.15) is 0 Å². The van der Waals surface area contributed by atoms with Gasteiger partial charge in [-0.15, -0.1) is 0 Å². The molecule has 8 atom stereocenters. The minimum atomic E-state index is -0.858. The largest absolute Gasteiger partial charge is 0.478 e. The van der Waals surface area contributed by atoms with Crippen LogP contribution in [0.25, 0.3) is 5.57 Å². The molecular weight excluding hydrogens is 558 g/mol. The van der Waals surface area contributed by atoms with Gasteiger partial charge in [0.05, 0.1) is 5.56 Å². The third kappa shape index (κ3) is 5.50. The predicted octanol–water partition coefficient (Wildman–Crippen LogP) is 7.25. The van der Waals surface area contributed by atoms with Crippen LogP contribution in [0.4, 0.5) is 0 Å². The second-order valence-electron chi connectivity index (χ2n) is 16.8. The predicted molar refractivity (Wildman–Crippen MR) is 182 cm³/mol. The van der Waals surface area contributed by atoms with Gasteiger partial charge in [0.25, 0.3) is 0 Å². The lowest BCUT2D eigenvalue weighted by atomic mass is 9.37. The van der Waals surface area contributed by atoms with Gasteiger partial charge in [-0.05, 0) is 127 Å². The van der Waals surface area contributed by atoms with Crippen LogP contribution in [-0.4, -0.2) is 61.2 Å². The molecule has 3 N–H and O–H groups in total. The van der Waals surface area contributed by atoms with Crippen LogP contribution in [0.15, 0.2) is 30.3 Å². The number of nitrogens with one attached hydrogen (secondary N) is 2. The Kier molecular flexibility index (Phi) is 8.82. The summed E-state index contributed by atoms with van der Waals surface area (Å²) >= 11 is 0. The molecule has 1 amide bonds. The maximum absolute atomic E-state index is 11.9. The molecule has 0 radical (unpaired) electrons. The third-order valence-corrected chi connectivity index (χ3v) is 14.3. The maximum atomic E-state index is 11.9. The van der Waals surface area contributed by atoms with Crippen LogP contribution in [0, 0.1) is 45.8 Å². The number of carbonyl (C=O) groups excluding carboxylic acids is 1. The number of carbonyl (C=O) groups is 2. The fraction of sp³-hybridized carbons (Fsp3) is 0.744. The molecule has 6 heteroatoms. The van der Waals surface area contributed by atoms with E-state index in [1.54, 1.807) is 17.0 Å². The number of amides is 1. The topological polar surface area (TPSA) is 81.7 Å². The Hall–Kier alpha value is -2.18. The van der Waals surface area contributed by atoms with Crippen molar-refractivity contribution in [1.82, 2.24) is 15.5 Å². The highest BCUT2D eigenvalue weighted by Gasteiger charge is 2.65. The molecule has 0 aromatic heterocycles. The summed E-state index contributed by atoms with van der Waals surface area (Å²) in [6.45, 7) is 13.0. The van der Waals surface area contributed by atoms with E-state index >= 15 is 0 Å². The smallest absolute Gasteiger partial charge is 0.335 e. The van der Waals surface area contributed by atoms with Gasteiger partial charge in [0, 0.05) is 45.7 Å². The molecule has 4 fully saturated rings. The number of fused-ring (bicyclic) bond motifs is 7. The zero-order valence-electron chi connectivity index (χ0n) is 28.9. The molecule has 1 aromatic rings. The molecule has 1 aromatic carbocycles. The average Bonchev–Trinajstić information content (AvgIpc) is 3.43. The first-order chi connectivity index (χ1) is 21.3. The van der Waals surface area contributed by atoms with Crippen LogP contribution in [0.1, 0.15) is 114 Å². The van der Waals surface area contributed by atoms with E-state index < -0.39 is 5.97 Å². The Morgan fingerprint density at radius 1 is 0.844 bits per heavy atom. The number of hydrogen-bond donors (Lipinski definition) is 3. The second-order valence-corrected chi connectivity index (χ2v) is 16.8. The molecule has 0 aliphatic heterocycles. The Morgan fingerprint density at radius 2 is 1.60 bits per heavy atom. The molecule has 248 valence electrons. The molecule has 0 spiro atoms. The summed E-state index contributed by atoms with van der Waals surface area (Å²) in [4.78, 5) is 25.1. The number of nitrogens with zero attached hydrogens (tertiary/aromatic N) is 1. The number of carboxylic acid groups (broad SMARTS) is 1. The highest BCUT2D eigenvalue weighted by molar-refractivity contribution is 5.88. The maximum Gasteiger partial charge on any atom is 0.335 e. The number of allylic oxidation sites excluding steroid dienone is 2. The third-order valence-electron chi connectivity index (χ3n) is 14.3. The first kappa shape index (κ1) is 32.7. The molecule has 0 saturated heterocycles. The summed E-state index contributed by atoms with van der Waals surface area (Å²) in [6.07, 6.45) is 16.4. The van der Waals surface area contributed by atoms with Crippen LogP contribution >= 0.6 is 0 Å². The molecule has 5 aliphatic rings. The van der Waals surface area contributed by atoms with Gasteiger partial charge in [-0.1, -0.05) is 52.3 Å². The molecule has 6 rings (SSSR count). The summed E-state index contributed by atoms with van der Waals surface area (Å²) in [6, 6.07) is 7.61. The SMILES string of the molecule is CN(C)C(=O)CCNCCNC12CCCC1C1CCC3C(C)(CCC4C(C)(C)C(c5ccc(C(=O)O)cc5)=CCC43C)C1CC2. The first-order valence-corrected chi connectivity index (χ1v) is 18.0. The molecule has 8 unspecified atom stereocenters. The van der Waals surface area contributed by atoms with E-state index in [1.807, 2.05) is 26.2 Å². The van der Waals surface area contributed by atoms with Gasteiger partial charge >= 0.3 is 5.97 Å². The van der Waals surface area contributed by atoms with Crippen molar-refractivity contribution in [3.05, 3.63) is 41.5 Å². The lowest BCUT2D eigenvalue weighted by Gasteiger charge is -2.68. The minimum absolute atomic E-state index is 0.0563. The van der Waals surface area contributed by atoms with Crippen molar-refractivity contribution >= 4 is 17.4 Å². The average molecular weight is 618 g/mol. The van der Waals surface area contributed by atoms with E-state index in [2.05, 4.69) is 44.4 Å². The van der Waals surface area contributed by atoms with E-state index in [0.29, 0.717) is 34.3 Å². The number of benzene rings is 1. The fourth-order valence-electron chi connectivity index (χ4n) is 12.4. The Labute approximate surface area is 272 Å². The van der Waals surface area contributed by atoms with E-state index in [-0.39, 0.29) is 11.3 Å². The van der Waals surface area contributed by atoms with Gasteiger partial charge in [0.2, 0.25) is 5.91 Å². The molecular formula is C39H59N3O3. The van der Waals surface area contributed by atoms with Gasteiger partial charge in [-0.3, -0.25) is 4.79 Å². The molecule has 6 nitrogen and oxygen atoms in total. The van der Waals surface area contributed by atoms with E-state index in [1.165, 1.54) is 68.9 Å². The normalized spacial score (nSPS) is 38.3. The molecule has 4 saturated carbocycles. The number of aromatic carboxylic acids is 1. The molecule has 45 heavy (non-hydrogen) atoms. The van der Waals surface area contributed by atoms with E-state index in [4.69, 9.17) is 0 Å². The lowest BCUT2D eigenvalue weighted by molar-refractivity contribution is -0.172. The summed E-state index contributed by atoms with van der Waals surface area (Å²) in [7, 11) is 3.66. The minimum Gasteiger partial charge on any atom is -0.478 e. The van der Waals surface area contributed by atoms with E-state index in [9.17, 15) is 14.7 Å². The quantitative estimate of drug-likeness (QED) is 0.254. The van der Waals surface area contributed by atoms with Crippen LogP contribution < -0.4 is 10.6 Å². The summed E-state index contributed by atoms with van der Waals surface area (Å²) in [5.74, 6) is 3.20. The summed E-state index contributed by atoms with van der Waals surface area (Å²) in [5.41, 5.74) is 4.05. The van der Waals surface area contributed by atoms with Gasteiger partial charge in [0.15, 0.2) is 0 Å². The molecule has 5 aliphatic carbocycles. The van der Waals surface area contributed by atoms with Crippen LogP contribution in [0.3, 0.4) is 0 Å². The zero-order chi connectivity index (χ0) is 32.2. The highest BCUT2D eigenvalue weighted by atomic mass is 16.4. The Morgan fingerprint density at radius 3 is 2.31 bits per heavy atom. The van der Waals surface area contributed by atoms with Crippen molar-refractivity contribution in [3.8, 4) is 0 Å². The Bertz CT molecular complexity index is 1300. The lowest BCUT2D eigenvalue weighted by Crippen LogP contribution is -2.63. The number of carboxylic acids is 1. The van der Waals surface area contributed by atoms with Gasteiger partial charge in [-0.25, -0.2) is 4.79 Å². The zero-order valence-corrected chi connectivity index (χ0v) is 28.9. The van der Waals surface area contributed by atoms with Crippen molar-refractivity contribution in [3.63, 3.8) is 0 Å².